The van der Waals surface area contributed by atoms with Crippen molar-refractivity contribution in [3.8, 4) is 0 Å². The first-order chi connectivity index (χ1) is 7.95. The van der Waals surface area contributed by atoms with Crippen molar-refractivity contribution in [1.82, 2.24) is 0 Å². The second-order valence-electron chi connectivity index (χ2n) is 4.60. The minimum absolute atomic E-state index is 0.175. The van der Waals surface area contributed by atoms with Crippen molar-refractivity contribution in [1.29, 1.82) is 0 Å². The number of rotatable bonds is 5. The first-order valence-corrected chi connectivity index (χ1v) is 6.11. The van der Waals surface area contributed by atoms with E-state index in [0.717, 1.165) is 0 Å². The van der Waals surface area contributed by atoms with Gasteiger partial charge in [0.05, 0.1) is 0 Å². The fourth-order valence-corrected chi connectivity index (χ4v) is 2.13. The molecule has 2 unspecified atom stereocenters. The first kappa shape index (κ1) is 14.4. The van der Waals surface area contributed by atoms with Crippen LogP contribution in [-0.4, -0.2) is 12.7 Å². The predicted molar refractivity (Wildman–Crippen MR) is 67.4 cm³/mol. The van der Waals surface area contributed by atoms with Crippen molar-refractivity contribution in [2.45, 2.75) is 26.4 Å². The number of benzene rings is 1. The predicted octanol–water partition coefficient (Wildman–Crippen LogP) is 3.59. The van der Waals surface area contributed by atoms with E-state index >= 15 is 0 Å². The van der Waals surface area contributed by atoms with Crippen LogP contribution in [0.2, 0.25) is 5.02 Å². The molecular weight excluding hydrogens is 244 g/mol. The molecule has 0 aliphatic carbocycles. The Kier molecular flexibility index (Phi) is 5.34. The maximum absolute atomic E-state index is 14.1. The van der Waals surface area contributed by atoms with Crippen LogP contribution in [0, 0.1) is 17.7 Å². The lowest BCUT2D eigenvalue weighted by Gasteiger charge is -2.23. The van der Waals surface area contributed by atoms with E-state index in [0.29, 0.717) is 12.1 Å². The number of nitrogens with two attached hydrogens (primary N) is 1. The molecular formula is C13H18ClF2N. The molecule has 0 fully saturated rings. The van der Waals surface area contributed by atoms with Crippen molar-refractivity contribution in [3.63, 3.8) is 0 Å². The van der Waals surface area contributed by atoms with Gasteiger partial charge < -0.3 is 5.73 Å². The number of halogens is 3. The van der Waals surface area contributed by atoms with Gasteiger partial charge in [-0.15, -0.1) is 0 Å². The van der Waals surface area contributed by atoms with Gasteiger partial charge in [0.2, 0.25) is 0 Å². The largest absolute Gasteiger partial charge is 0.330 e. The molecule has 0 aromatic heterocycles. The molecule has 1 aromatic rings. The molecule has 0 saturated carbocycles. The highest BCUT2D eigenvalue weighted by atomic mass is 35.5. The van der Waals surface area contributed by atoms with E-state index < -0.39 is 12.0 Å². The van der Waals surface area contributed by atoms with E-state index in [1.165, 1.54) is 18.2 Å². The van der Waals surface area contributed by atoms with Crippen molar-refractivity contribution >= 4 is 11.6 Å². The normalized spacial score (nSPS) is 15.0. The molecule has 0 spiro atoms. The summed E-state index contributed by atoms with van der Waals surface area (Å²) in [6.45, 7) is 4.18. The lowest BCUT2D eigenvalue weighted by Crippen LogP contribution is -2.30. The zero-order valence-electron chi connectivity index (χ0n) is 10.1. The molecule has 0 bridgehead atoms. The summed E-state index contributed by atoms with van der Waals surface area (Å²) in [4.78, 5) is 0. The van der Waals surface area contributed by atoms with Gasteiger partial charge in [-0.3, -0.25) is 0 Å². The Morgan fingerprint density at radius 3 is 2.47 bits per heavy atom. The van der Waals surface area contributed by atoms with Gasteiger partial charge in [-0.05, 0) is 30.2 Å². The Hall–Kier alpha value is -0.670. The molecule has 0 aliphatic rings. The fraction of sp³-hybridized carbons (Fsp3) is 0.538. The highest BCUT2D eigenvalue weighted by Gasteiger charge is 2.23. The van der Waals surface area contributed by atoms with Gasteiger partial charge in [-0.2, -0.15) is 0 Å². The lowest BCUT2D eigenvalue weighted by molar-refractivity contribution is 0.185. The third-order valence-electron chi connectivity index (χ3n) is 3.02. The highest BCUT2D eigenvalue weighted by Crippen LogP contribution is 2.25. The summed E-state index contributed by atoms with van der Waals surface area (Å²) in [5.41, 5.74) is 6.18. The standard InChI is InChI=1S/C13H18ClF2N/c1-8(2)11(7-17)13(16)5-9-3-4-10(15)6-12(9)14/h3-4,6,8,11,13H,5,7,17H2,1-2H3. The first-order valence-electron chi connectivity index (χ1n) is 5.73. The van der Waals surface area contributed by atoms with Crippen LogP contribution in [0.25, 0.3) is 0 Å². The van der Waals surface area contributed by atoms with Gasteiger partial charge in [0, 0.05) is 17.4 Å². The Bertz CT molecular complexity index is 368. The van der Waals surface area contributed by atoms with E-state index in [-0.39, 0.29) is 23.3 Å². The summed E-state index contributed by atoms with van der Waals surface area (Å²) < 4.78 is 26.9. The number of hydrogen-bond donors (Lipinski definition) is 1. The minimum Gasteiger partial charge on any atom is -0.330 e. The van der Waals surface area contributed by atoms with Gasteiger partial charge in [0.25, 0.3) is 0 Å². The third kappa shape index (κ3) is 3.93. The van der Waals surface area contributed by atoms with Crippen LogP contribution in [0.4, 0.5) is 8.78 Å². The topological polar surface area (TPSA) is 26.0 Å². The van der Waals surface area contributed by atoms with Crippen LogP contribution >= 0.6 is 11.6 Å². The molecule has 0 saturated heterocycles. The Morgan fingerprint density at radius 1 is 1.35 bits per heavy atom. The number of alkyl halides is 1. The summed E-state index contributed by atoms with van der Waals surface area (Å²) in [5.74, 6) is -0.432. The molecule has 4 heteroatoms. The quantitative estimate of drug-likeness (QED) is 0.861. The van der Waals surface area contributed by atoms with Crippen LogP contribution in [0.15, 0.2) is 18.2 Å². The SMILES string of the molecule is CC(C)C(CN)C(F)Cc1ccc(F)cc1Cl. The average Bonchev–Trinajstić information content (AvgIpc) is 2.22. The lowest BCUT2D eigenvalue weighted by atomic mass is 9.88. The second kappa shape index (κ2) is 6.31. The molecule has 17 heavy (non-hydrogen) atoms. The molecule has 2 N–H and O–H groups in total. The molecule has 0 radical (unpaired) electrons. The van der Waals surface area contributed by atoms with E-state index in [9.17, 15) is 8.78 Å². The monoisotopic (exact) mass is 261 g/mol. The Morgan fingerprint density at radius 2 is 2.00 bits per heavy atom. The van der Waals surface area contributed by atoms with Gasteiger partial charge in [-0.1, -0.05) is 31.5 Å². The molecule has 1 nitrogen and oxygen atoms in total. The molecule has 96 valence electrons. The molecule has 1 aromatic carbocycles. The van der Waals surface area contributed by atoms with E-state index in [2.05, 4.69) is 0 Å². The van der Waals surface area contributed by atoms with Gasteiger partial charge in [-0.25, -0.2) is 8.78 Å². The molecule has 0 aliphatic heterocycles. The van der Waals surface area contributed by atoms with Crippen molar-refractivity contribution in [2.24, 2.45) is 17.6 Å². The van der Waals surface area contributed by atoms with Crippen LogP contribution < -0.4 is 5.73 Å². The molecule has 0 heterocycles. The molecule has 0 amide bonds. The second-order valence-corrected chi connectivity index (χ2v) is 5.01. The maximum atomic E-state index is 14.1. The zero-order chi connectivity index (χ0) is 13.0. The summed E-state index contributed by atoms with van der Waals surface area (Å²) >= 11 is 5.86. The summed E-state index contributed by atoms with van der Waals surface area (Å²) in [6.07, 6.45) is -0.873. The van der Waals surface area contributed by atoms with Crippen molar-refractivity contribution in [3.05, 3.63) is 34.6 Å². The van der Waals surface area contributed by atoms with Crippen molar-refractivity contribution in [2.75, 3.05) is 6.54 Å². The molecule has 2 atom stereocenters. The zero-order valence-corrected chi connectivity index (χ0v) is 10.8. The van der Waals surface area contributed by atoms with Crippen LogP contribution in [0.1, 0.15) is 19.4 Å². The summed E-state index contributed by atoms with van der Waals surface area (Å²) in [6, 6.07) is 4.02. The van der Waals surface area contributed by atoms with E-state index in [4.69, 9.17) is 17.3 Å². The van der Waals surface area contributed by atoms with Gasteiger partial charge in [0.1, 0.15) is 12.0 Å². The maximum Gasteiger partial charge on any atom is 0.124 e. The minimum atomic E-state index is -1.05. The van der Waals surface area contributed by atoms with Gasteiger partial charge >= 0.3 is 0 Å². The fourth-order valence-electron chi connectivity index (χ4n) is 1.89. The number of hydrogen-bond acceptors (Lipinski definition) is 1. The van der Waals surface area contributed by atoms with Crippen LogP contribution in [0.5, 0.6) is 0 Å². The molecule has 1 rings (SSSR count). The van der Waals surface area contributed by atoms with E-state index in [1.54, 1.807) is 0 Å². The van der Waals surface area contributed by atoms with Crippen molar-refractivity contribution < 1.29 is 8.78 Å². The summed E-state index contributed by atoms with van der Waals surface area (Å²) in [7, 11) is 0. The van der Waals surface area contributed by atoms with Crippen LogP contribution in [0.3, 0.4) is 0 Å². The third-order valence-corrected chi connectivity index (χ3v) is 3.37. The Balaban J connectivity index is 2.76. The highest BCUT2D eigenvalue weighted by molar-refractivity contribution is 6.31. The van der Waals surface area contributed by atoms with E-state index in [1.807, 2.05) is 13.8 Å². The van der Waals surface area contributed by atoms with Gasteiger partial charge in [0.15, 0.2) is 0 Å². The Labute approximate surface area is 106 Å². The average molecular weight is 262 g/mol. The smallest absolute Gasteiger partial charge is 0.124 e. The summed E-state index contributed by atoms with van der Waals surface area (Å²) in [5, 5.41) is 0.271. The van der Waals surface area contributed by atoms with Crippen LogP contribution in [-0.2, 0) is 6.42 Å².